The summed E-state index contributed by atoms with van der Waals surface area (Å²) >= 11 is 0. The van der Waals surface area contributed by atoms with Crippen LogP contribution in [0.25, 0.3) is 0 Å². The Hall–Kier alpha value is -0.940. The molecule has 0 radical (unpaired) electrons. The highest BCUT2D eigenvalue weighted by molar-refractivity contribution is 4.91. The molecule has 0 spiro atoms. The molecule has 1 atom stereocenters. The number of aromatic nitrogens is 3. The van der Waals surface area contributed by atoms with Gasteiger partial charge in [0.1, 0.15) is 0 Å². The van der Waals surface area contributed by atoms with Crippen LogP contribution in [0.2, 0.25) is 0 Å². The van der Waals surface area contributed by atoms with Gasteiger partial charge in [0.2, 0.25) is 0 Å². The van der Waals surface area contributed by atoms with Gasteiger partial charge in [-0.1, -0.05) is 31.9 Å². The van der Waals surface area contributed by atoms with Crippen LogP contribution in [0.1, 0.15) is 32.4 Å². The lowest BCUT2D eigenvalue weighted by Crippen LogP contribution is -2.32. The van der Waals surface area contributed by atoms with Crippen LogP contribution >= 0.6 is 0 Å². The molecule has 1 aromatic rings. The molecule has 16 heavy (non-hydrogen) atoms. The Bertz CT molecular complexity index is 296. The first-order valence-corrected chi connectivity index (χ1v) is 5.91. The fourth-order valence-electron chi connectivity index (χ4n) is 1.82. The Morgan fingerprint density at radius 1 is 1.44 bits per heavy atom. The molecular formula is C11H22N4O. The van der Waals surface area contributed by atoms with E-state index in [9.17, 15) is 5.11 Å². The molecule has 0 saturated carbocycles. The molecule has 0 bridgehead atoms. The third kappa shape index (κ3) is 3.90. The lowest BCUT2D eigenvalue weighted by atomic mass is 9.96. The second kappa shape index (κ2) is 6.60. The smallest absolute Gasteiger partial charge is 0.0964 e. The van der Waals surface area contributed by atoms with Gasteiger partial charge in [0.25, 0.3) is 0 Å². The highest BCUT2D eigenvalue weighted by atomic mass is 16.3. The van der Waals surface area contributed by atoms with Crippen molar-refractivity contribution in [3.05, 3.63) is 11.9 Å². The van der Waals surface area contributed by atoms with Crippen LogP contribution in [0.5, 0.6) is 0 Å². The Morgan fingerprint density at radius 3 is 2.62 bits per heavy atom. The first-order valence-electron chi connectivity index (χ1n) is 5.91. The van der Waals surface area contributed by atoms with Crippen LogP contribution in [-0.2, 0) is 13.6 Å². The van der Waals surface area contributed by atoms with E-state index in [1.165, 1.54) is 0 Å². The predicted octanol–water partition coefficient (Wildman–Crippen LogP) is 0.702. The van der Waals surface area contributed by atoms with Crippen molar-refractivity contribution >= 4 is 0 Å². The van der Waals surface area contributed by atoms with Gasteiger partial charge in [0, 0.05) is 26.3 Å². The molecule has 0 aliphatic rings. The number of rotatable bonds is 7. The molecule has 5 heteroatoms. The van der Waals surface area contributed by atoms with Crippen molar-refractivity contribution in [2.45, 2.75) is 39.3 Å². The number of aryl methyl sites for hydroxylation is 1. The minimum absolute atomic E-state index is 0.272. The number of nitrogens with zero attached hydrogens (tertiary/aromatic N) is 3. The zero-order chi connectivity index (χ0) is 12.0. The van der Waals surface area contributed by atoms with Crippen molar-refractivity contribution < 1.29 is 5.11 Å². The van der Waals surface area contributed by atoms with Crippen LogP contribution in [0.15, 0.2) is 6.20 Å². The minimum atomic E-state index is -0.272. The average molecular weight is 226 g/mol. The molecule has 2 N–H and O–H groups in total. The molecule has 0 aliphatic carbocycles. The van der Waals surface area contributed by atoms with Gasteiger partial charge in [-0.25, -0.2) is 0 Å². The third-order valence-electron chi connectivity index (χ3n) is 2.90. The van der Waals surface area contributed by atoms with E-state index in [0.29, 0.717) is 19.0 Å². The predicted molar refractivity (Wildman–Crippen MR) is 62.8 cm³/mol. The second-order valence-corrected chi connectivity index (χ2v) is 4.16. The van der Waals surface area contributed by atoms with Crippen molar-refractivity contribution in [1.29, 1.82) is 0 Å². The SMILES string of the molecule is CCC(CC)C(O)CNCc1cn(C)nn1. The van der Waals surface area contributed by atoms with Crippen LogP contribution in [0.3, 0.4) is 0 Å². The largest absolute Gasteiger partial charge is 0.392 e. The van der Waals surface area contributed by atoms with E-state index in [1.807, 2.05) is 13.2 Å². The summed E-state index contributed by atoms with van der Waals surface area (Å²) in [6, 6.07) is 0. The fraction of sp³-hybridized carbons (Fsp3) is 0.818. The standard InChI is InChI=1S/C11H22N4O/c1-4-9(5-2)11(16)7-12-6-10-8-15(3)14-13-10/h8-9,11-12,16H,4-7H2,1-3H3. The fourth-order valence-corrected chi connectivity index (χ4v) is 1.82. The van der Waals surface area contributed by atoms with Gasteiger partial charge in [-0.2, -0.15) is 0 Å². The van der Waals surface area contributed by atoms with Crippen molar-refractivity contribution in [3.8, 4) is 0 Å². The van der Waals surface area contributed by atoms with E-state index in [0.717, 1.165) is 18.5 Å². The van der Waals surface area contributed by atoms with Crippen molar-refractivity contribution in [1.82, 2.24) is 20.3 Å². The highest BCUT2D eigenvalue weighted by Crippen LogP contribution is 2.12. The van der Waals surface area contributed by atoms with Crippen molar-refractivity contribution in [2.24, 2.45) is 13.0 Å². The Morgan fingerprint density at radius 2 is 2.12 bits per heavy atom. The topological polar surface area (TPSA) is 63.0 Å². The first kappa shape index (κ1) is 13.1. The number of hydrogen-bond acceptors (Lipinski definition) is 4. The van der Waals surface area contributed by atoms with Crippen LogP contribution in [-0.4, -0.2) is 32.7 Å². The van der Waals surface area contributed by atoms with Gasteiger partial charge in [-0.05, 0) is 5.92 Å². The quantitative estimate of drug-likeness (QED) is 0.718. The van der Waals surface area contributed by atoms with E-state index < -0.39 is 0 Å². The summed E-state index contributed by atoms with van der Waals surface area (Å²) in [6.07, 6.45) is 3.64. The summed E-state index contributed by atoms with van der Waals surface area (Å²) in [5.41, 5.74) is 0.902. The molecule has 0 aromatic carbocycles. The molecule has 0 fully saturated rings. The lowest BCUT2D eigenvalue weighted by molar-refractivity contribution is 0.101. The average Bonchev–Trinajstić information content (AvgIpc) is 2.66. The number of aliphatic hydroxyl groups is 1. The highest BCUT2D eigenvalue weighted by Gasteiger charge is 2.14. The summed E-state index contributed by atoms with van der Waals surface area (Å²) in [5, 5.41) is 20.9. The molecule has 1 rings (SSSR count). The maximum atomic E-state index is 9.89. The number of aliphatic hydroxyl groups excluding tert-OH is 1. The van der Waals surface area contributed by atoms with Crippen molar-refractivity contribution in [3.63, 3.8) is 0 Å². The molecule has 1 unspecified atom stereocenters. The van der Waals surface area contributed by atoms with E-state index in [-0.39, 0.29) is 6.10 Å². The van der Waals surface area contributed by atoms with Crippen LogP contribution in [0.4, 0.5) is 0 Å². The van der Waals surface area contributed by atoms with Gasteiger partial charge in [-0.15, -0.1) is 5.10 Å². The number of nitrogens with one attached hydrogen (secondary N) is 1. The zero-order valence-corrected chi connectivity index (χ0v) is 10.3. The molecule has 0 saturated heterocycles. The zero-order valence-electron chi connectivity index (χ0n) is 10.3. The van der Waals surface area contributed by atoms with Crippen LogP contribution < -0.4 is 5.32 Å². The normalized spacial score (nSPS) is 13.3. The molecule has 1 heterocycles. The second-order valence-electron chi connectivity index (χ2n) is 4.16. The molecule has 0 amide bonds. The molecule has 5 nitrogen and oxygen atoms in total. The summed E-state index contributed by atoms with van der Waals surface area (Å²) in [4.78, 5) is 0. The van der Waals surface area contributed by atoms with E-state index in [4.69, 9.17) is 0 Å². The molecule has 1 aromatic heterocycles. The minimum Gasteiger partial charge on any atom is -0.392 e. The van der Waals surface area contributed by atoms with Crippen molar-refractivity contribution in [2.75, 3.05) is 6.54 Å². The van der Waals surface area contributed by atoms with Gasteiger partial charge < -0.3 is 10.4 Å². The van der Waals surface area contributed by atoms with E-state index >= 15 is 0 Å². The third-order valence-corrected chi connectivity index (χ3v) is 2.90. The van der Waals surface area contributed by atoms with Gasteiger partial charge >= 0.3 is 0 Å². The molecule has 0 aliphatic heterocycles. The van der Waals surface area contributed by atoms with Crippen LogP contribution in [0, 0.1) is 5.92 Å². The van der Waals surface area contributed by atoms with E-state index in [1.54, 1.807) is 4.68 Å². The molecular weight excluding hydrogens is 204 g/mol. The number of hydrogen-bond donors (Lipinski definition) is 2. The Kier molecular flexibility index (Phi) is 5.42. The summed E-state index contributed by atoms with van der Waals surface area (Å²) in [7, 11) is 1.84. The summed E-state index contributed by atoms with van der Waals surface area (Å²) in [6.45, 7) is 5.49. The lowest BCUT2D eigenvalue weighted by Gasteiger charge is -2.20. The monoisotopic (exact) mass is 226 g/mol. The molecule has 92 valence electrons. The Balaban J connectivity index is 2.24. The Labute approximate surface area is 96.9 Å². The maximum Gasteiger partial charge on any atom is 0.0964 e. The first-order chi connectivity index (χ1) is 7.67. The van der Waals surface area contributed by atoms with Gasteiger partial charge in [0.15, 0.2) is 0 Å². The van der Waals surface area contributed by atoms with E-state index in [2.05, 4.69) is 29.5 Å². The maximum absolute atomic E-state index is 9.89. The van der Waals surface area contributed by atoms with Gasteiger partial charge in [0.05, 0.1) is 11.8 Å². The summed E-state index contributed by atoms with van der Waals surface area (Å²) < 4.78 is 1.67. The van der Waals surface area contributed by atoms with Gasteiger partial charge in [-0.3, -0.25) is 4.68 Å². The summed E-state index contributed by atoms with van der Waals surface area (Å²) in [5.74, 6) is 0.384.